The number of hydrogen-bond donors (Lipinski definition) is 2. The van der Waals surface area contributed by atoms with Gasteiger partial charge in [0.2, 0.25) is 0 Å². The Morgan fingerprint density at radius 1 is 1.50 bits per heavy atom. The maximum Gasteiger partial charge on any atom is 0.255 e. The Morgan fingerprint density at radius 2 is 2.25 bits per heavy atom. The maximum absolute atomic E-state index is 12.1. The summed E-state index contributed by atoms with van der Waals surface area (Å²) in [6.07, 6.45) is 1.67. The van der Waals surface area contributed by atoms with Crippen LogP contribution in [-0.4, -0.2) is 37.2 Å². The molecule has 1 rings (SSSR count). The van der Waals surface area contributed by atoms with E-state index in [1.807, 2.05) is 6.92 Å². The number of halogens is 1. The molecule has 0 unspecified atom stereocenters. The molecule has 0 radical (unpaired) electrons. The van der Waals surface area contributed by atoms with Gasteiger partial charge in [0, 0.05) is 30.4 Å². The Hall–Kier alpha value is -1.14. The van der Waals surface area contributed by atoms with Crippen LogP contribution in [0.5, 0.6) is 0 Å². The van der Waals surface area contributed by atoms with E-state index in [0.29, 0.717) is 43.6 Å². The first-order valence-electron chi connectivity index (χ1n) is 6.80. The Bertz CT molecular complexity index is 438. The molecule has 0 aromatic carbocycles. The average molecular weight is 344 g/mol. The molecule has 0 aliphatic rings. The van der Waals surface area contributed by atoms with Crippen LogP contribution >= 0.6 is 15.9 Å². The minimum absolute atomic E-state index is 0.150. The molecule has 0 aliphatic heterocycles. The summed E-state index contributed by atoms with van der Waals surface area (Å²) in [7, 11) is 0. The van der Waals surface area contributed by atoms with Gasteiger partial charge in [-0.15, -0.1) is 0 Å². The van der Waals surface area contributed by atoms with Crippen molar-refractivity contribution in [3.05, 3.63) is 22.3 Å². The van der Waals surface area contributed by atoms with Gasteiger partial charge in [-0.3, -0.25) is 4.79 Å². The number of amides is 1. The number of aromatic nitrogens is 1. The van der Waals surface area contributed by atoms with E-state index in [0.717, 1.165) is 4.47 Å². The van der Waals surface area contributed by atoms with Crippen LogP contribution in [-0.2, 0) is 4.74 Å². The van der Waals surface area contributed by atoms with E-state index in [4.69, 9.17) is 4.74 Å². The van der Waals surface area contributed by atoms with E-state index >= 15 is 0 Å². The quantitative estimate of drug-likeness (QED) is 0.712. The fourth-order valence-electron chi connectivity index (χ4n) is 1.57. The van der Waals surface area contributed by atoms with Gasteiger partial charge in [0.1, 0.15) is 5.82 Å². The van der Waals surface area contributed by atoms with E-state index in [1.165, 1.54) is 0 Å². The molecular formula is C14H22BrN3O2. The van der Waals surface area contributed by atoms with Crippen LogP contribution in [0.3, 0.4) is 0 Å². The summed E-state index contributed by atoms with van der Waals surface area (Å²) in [6.45, 7) is 8.57. The Morgan fingerprint density at radius 3 is 2.90 bits per heavy atom. The normalized spacial score (nSPS) is 10.7. The highest BCUT2D eigenvalue weighted by Gasteiger charge is 2.12. The van der Waals surface area contributed by atoms with Gasteiger partial charge in [-0.05, 0) is 34.8 Å². The van der Waals surface area contributed by atoms with Crippen molar-refractivity contribution in [2.24, 2.45) is 5.92 Å². The van der Waals surface area contributed by atoms with Gasteiger partial charge in [-0.25, -0.2) is 4.98 Å². The molecule has 0 saturated carbocycles. The summed E-state index contributed by atoms with van der Waals surface area (Å²) in [4.78, 5) is 16.3. The molecule has 0 spiro atoms. The van der Waals surface area contributed by atoms with Gasteiger partial charge in [-0.1, -0.05) is 13.8 Å². The van der Waals surface area contributed by atoms with Crippen LogP contribution in [0.15, 0.2) is 16.7 Å². The molecule has 2 N–H and O–H groups in total. The second-order valence-electron chi connectivity index (χ2n) is 4.80. The SMILES string of the molecule is CCNc1ncc(Br)cc1C(=O)NCCOCC(C)C. The van der Waals surface area contributed by atoms with Crippen LogP contribution in [0.25, 0.3) is 0 Å². The molecule has 0 fully saturated rings. The Labute approximate surface area is 128 Å². The van der Waals surface area contributed by atoms with E-state index < -0.39 is 0 Å². The minimum atomic E-state index is -0.150. The first kappa shape index (κ1) is 16.9. The molecule has 5 nitrogen and oxygen atoms in total. The number of nitrogens with one attached hydrogen (secondary N) is 2. The predicted molar refractivity (Wildman–Crippen MR) is 84.1 cm³/mol. The van der Waals surface area contributed by atoms with Gasteiger partial charge >= 0.3 is 0 Å². The number of carbonyl (C=O) groups excluding carboxylic acids is 1. The maximum atomic E-state index is 12.1. The van der Waals surface area contributed by atoms with Gasteiger partial charge in [0.05, 0.1) is 12.2 Å². The number of carbonyl (C=O) groups is 1. The molecule has 112 valence electrons. The third-order valence-corrected chi connectivity index (χ3v) is 2.86. The molecule has 0 bridgehead atoms. The first-order chi connectivity index (χ1) is 9.54. The molecule has 20 heavy (non-hydrogen) atoms. The second kappa shape index (κ2) is 8.92. The molecule has 1 aromatic rings. The van der Waals surface area contributed by atoms with Gasteiger partial charge < -0.3 is 15.4 Å². The summed E-state index contributed by atoms with van der Waals surface area (Å²) >= 11 is 3.33. The highest BCUT2D eigenvalue weighted by molar-refractivity contribution is 9.10. The fraction of sp³-hybridized carbons (Fsp3) is 0.571. The van der Waals surface area contributed by atoms with Gasteiger partial charge in [0.15, 0.2) is 0 Å². The van der Waals surface area contributed by atoms with Crippen LogP contribution in [0, 0.1) is 5.92 Å². The van der Waals surface area contributed by atoms with Crippen molar-refractivity contribution in [2.45, 2.75) is 20.8 Å². The molecule has 1 amide bonds. The highest BCUT2D eigenvalue weighted by atomic mass is 79.9. The smallest absolute Gasteiger partial charge is 0.255 e. The molecule has 0 aliphatic carbocycles. The monoisotopic (exact) mass is 343 g/mol. The van der Waals surface area contributed by atoms with Crippen molar-refractivity contribution in [3.63, 3.8) is 0 Å². The van der Waals surface area contributed by atoms with E-state index in [-0.39, 0.29) is 5.91 Å². The van der Waals surface area contributed by atoms with Crippen LogP contribution in [0.1, 0.15) is 31.1 Å². The lowest BCUT2D eigenvalue weighted by molar-refractivity contribution is 0.0886. The zero-order chi connectivity index (χ0) is 15.0. The Balaban J connectivity index is 2.52. The lowest BCUT2D eigenvalue weighted by atomic mass is 10.2. The molecule has 1 aromatic heterocycles. The van der Waals surface area contributed by atoms with Crippen LogP contribution in [0.2, 0.25) is 0 Å². The summed E-state index contributed by atoms with van der Waals surface area (Å²) in [6, 6.07) is 1.76. The third kappa shape index (κ3) is 5.88. The van der Waals surface area contributed by atoms with Crippen molar-refractivity contribution < 1.29 is 9.53 Å². The van der Waals surface area contributed by atoms with E-state index in [9.17, 15) is 4.79 Å². The van der Waals surface area contributed by atoms with Gasteiger partial charge in [-0.2, -0.15) is 0 Å². The zero-order valence-electron chi connectivity index (χ0n) is 12.2. The lowest BCUT2D eigenvalue weighted by Gasteiger charge is -2.11. The molecule has 0 saturated heterocycles. The largest absolute Gasteiger partial charge is 0.379 e. The highest BCUT2D eigenvalue weighted by Crippen LogP contribution is 2.17. The number of hydrogen-bond acceptors (Lipinski definition) is 4. The second-order valence-corrected chi connectivity index (χ2v) is 5.72. The van der Waals surface area contributed by atoms with Crippen molar-refractivity contribution in [1.82, 2.24) is 10.3 Å². The van der Waals surface area contributed by atoms with Crippen molar-refractivity contribution >= 4 is 27.7 Å². The van der Waals surface area contributed by atoms with E-state index in [1.54, 1.807) is 12.3 Å². The summed E-state index contributed by atoms with van der Waals surface area (Å²) in [5.74, 6) is 0.944. The standard InChI is InChI=1S/C14H22BrN3O2/c1-4-16-13-12(7-11(15)8-18-13)14(19)17-5-6-20-9-10(2)3/h7-8,10H,4-6,9H2,1-3H3,(H,16,18)(H,17,19). The first-order valence-corrected chi connectivity index (χ1v) is 7.59. The third-order valence-electron chi connectivity index (χ3n) is 2.43. The minimum Gasteiger partial charge on any atom is -0.379 e. The average Bonchev–Trinajstić information content (AvgIpc) is 2.40. The van der Waals surface area contributed by atoms with Gasteiger partial charge in [0.25, 0.3) is 5.91 Å². The summed E-state index contributed by atoms with van der Waals surface area (Å²) in [5.41, 5.74) is 0.532. The van der Waals surface area contributed by atoms with Crippen molar-refractivity contribution in [3.8, 4) is 0 Å². The summed E-state index contributed by atoms with van der Waals surface area (Å²) in [5, 5.41) is 5.91. The van der Waals surface area contributed by atoms with Crippen molar-refractivity contribution in [2.75, 3.05) is 31.6 Å². The Kier molecular flexibility index (Phi) is 7.54. The molecular weight excluding hydrogens is 322 g/mol. The molecule has 1 heterocycles. The molecule has 0 atom stereocenters. The van der Waals surface area contributed by atoms with Crippen molar-refractivity contribution in [1.29, 1.82) is 0 Å². The summed E-state index contributed by atoms with van der Waals surface area (Å²) < 4.78 is 6.21. The van der Waals surface area contributed by atoms with Crippen LogP contribution in [0.4, 0.5) is 5.82 Å². The number of pyridine rings is 1. The number of ether oxygens (including phenoxy) is 1. The fourth-order valence-corrected chi connectivity index (χ4v) is 1.90. The van der Waals surface area contributed by atoms with Crippen LogP contribution < -0.4 is 10.6 Å². The number of nitrogens with zero attached hydrogens (tertiary/aromatic N) is 1. The topological polar surface area (TPSA) is 63.2 Å². The lowest BCUT2D eigenvalue weighted by Crippen LogP contribution is -2.28. The number of rotatable bonds is 8. The molecule has 6 heteroatoms. The number of anilines is 1. The predicted octanol–water partition coefficient (Wildman–Crippen LogP) is 2.68. The zero-order valence-corrected chi connectivity index (χ0v) is 13.8. The van der Waals surface area contributed by atoms with E-state index in [2.05, 4.69) is 45.4 Å².